The predicted molar refractivity (Wildman–Crippen MR) is 104 cm³/mol. The molecule has 2 aromatic rings. The van der Waals surface area contributed by atoms with Gasteiger partial charge in [0.15, 0.2) is 0 Å². The highest BCUT2D eigenvalue weighted by atomic mass is 35.5. The van der Waals surface area contributed by atoms with Gasteiger partial charge in [-0.2, -0.15) is 13.5 Å². The summed E-state index contributed by atoms with van der Waals surface area (Å²) in [7, 11) is -3.68. The van der Waals surface area contributed by atoms with Crippen LogP contribution in [0.15, 0.2) is 18.2 Å². The second-order valence-electron chi connectivity index (χ2n) is 6.74. The molecule has 1 aromatic heterocycles. The van der Waals surface area contributed by atoms with Crippen LogP contribution in [0.2, 0.25) is 5.02 Å². The predicted octanol–water partition coefficient (Wildman–Crippen LogP) is 1.84. The van der Waals surface area contributed by atoms with E-state index in [0.717, 1.165) is 17.2 Å². The number of carboxylic acid groups (broad SMARTS) is 1. The molecule has 30 heavy (non-hydrogen) atoms. The van der Waals surface area contributed by atoms with Crippen LogP contribution in [0.5, 0.6) is 0 Å². The van der Waals surface area contributed by atoms with Crippen LogP contribution in [-0.2, 0) is 20.8 Å². The summed E-state index contributed by atoms with van der Waals surface area (Å²) < 4.78 is 42.2. The Hall–Kier alpha value is -2.70. The number of rotatable bonds is 6. The van der Waals surface area contributed by atoms with E-state index in [-0.39, 0.29) is 48.1 Å². The zero-order valence-electron chi connectivity index (χ0n) is 15.7. The van der Waals surface area contributed by atoms with Gasteiger partial charge < -0.3 is 15.7 Å². The van der Waals surface area contributed by atoms with Gasteiger partial charge in [0, 0.05) is 12.1 Å². The Morgan fingerprint density at radius 1 is 1.43 bits per heavy atom. The average Bonchev–Trinajstić information content (AvgIpc) is 3.02. The monoisotopic (exact) mass is 460 g/mol. The summed E-state index contributed by atoms with van der Waals surface area (Å²) in [4.78, 5) is 24.8. The molecule has 1 atom stereocenters. The van der Waals surface area contributed by atoms with Crippen molar-refractivity contribution >= 4 is 33.7 Å². The molecule has 2 heterocycles. The SMILES string of the molecule is CS(=O)(=O)OCCC1CN(C(=O)O)Cc2c(C(N)=O)c(-c3ccc(F)c(Cl)c3)nn21. The van der Waals surface area contributed by atoms with Crippen molar-refractivity contribution in [3.63, 3.8) is 0 Å². The summed E-state index contributed by atoms with van der Waals surface area (Å²) in [5.41, 5.74) is 6.22. The normalized spacial score (nSPS) is 16.4. The third kappa shape index (κ3) is 4.55. The Labute approximate surface area is 176 Å². The second-order valence-corrected chi connectivity index (χ2v) is 8.79. The lowest BCUT2D eigenvalue weighted by Crippen LogP contribution is -2.41. The molecule has 3 rings (SSSR count). The van der Waals surface area contributed by atoms with Crippen molar-refractivity contribution in [2.45, 2.75) is 19.0 Å². The van der Waals surface area contributed by atoms with Crippen molar-refractivity contribution in [1.29, 1.82) is 0 Å². The van der Waals surface area contributed by atoms with E-state index in [1.54, 1.807) is 0 Å². The van der Waals surface area contributed by atoms with Gasteiger partial charge in [0.1, 0.15) is 11.5 Å². The molecule has 2 amide bonds. The number of hydrogen-bond acceptors (Lipinski definition) is 6. The molecule has 162 valence electrons. The number of carbonyl (C=O) groups is 2. The summed E-state index contributed by atoms with van der Waals surface area (Å²) in [5.74, 6) is -1.50. The summed E-state index contributed by atoms with van der Waals surface area (Å²) in [6.07, 6.45) is -0.218. The first kappa shape index (κ1) is 22.0. The summed E-state index contributed by atoms with van der Waals surface area (Å²) in [6.45, 7) is -0.363. The maximum atomic E-state index is 13.6. The van der Waals surface area contributed by atoms with Crippen LogP contribution in [-0.4, -0.2) is 59.6 Å². The van der Waals surface area contributed by atoms with E-state index in [9.17, 15) is 27.5 Å². The van der Waals surface area contributed by atoms with Gasteiger partial charge in [0.2, 0.25) is 0 Å². The van der Waals surface area contributed by atoms with Gasteiger partial charge in [-0.15, -0.1) is 0 Å². The number of amides is 2. The number of hydrogen-bond donors (Lipinski definition) is 2. The summed E-state index contributed by atoms with van der Waals surface area (Å²) in [5, 5.41) is 13.7. The largest absolute Gasteiger partial charge is 0.465 e. The Kier molecular flexibility index (Phi) is 6.01. The minimum Gasteiger partial charge on any atom is -0.465 e. The lowest BCUT2D eigenvalue weighted by Gasteiger charge is -2.32. The molecule has 0 spiro atoms. The molecule has 1 aliphatic rings. The molecule has 1 aliphatic heterocycles. The molecule has 0 fully saturated rings. The number of carbonyl (C=O) groups excluding carboxylic acids is 1. The molecule has 1 aromatic carbocycles. The Morgan fingerprint density at radius 3 is 2.70 bits per heavy atom. The first-order chi connectivity index (χ1) is 14.0. The Balaban J connectivity index is 2.08. The highest BCUT2D eigenvalue weighted by Crippen LogP contribution is 2.34. The van der Waals surface area contributed by atoms with Crippen LogP contribution in [0.25, 0.3) is 11.3 Å². The number of nitrogens with zero attached hydrogens (tertiary/aromatic N) is 3. The average molecular weight is 461 g/mol. The Bertz CT molecular complexity index is 1120. The lowest BCUT2D eigenvalue weighted by molar-refractivity contribution is 0.0985. The van der Waals surface area contributed by atoms with Crippen molar-refractivity contribution in [3.8, 4) is 11.3 Å². The van der Waals surface area contributed by atoms with Crippen LogP contribution >= 0.6 is 11.6 Å². The summed E-state index contributed by atoms with van der Waals surface area (Å²) >= 11 is 5.84. The van der Waals surface area contributed by atoms with Crippen molar-refractivity contribution in [2.24, 2.45) is 5.73 Å². The van der Waals surface area contributed by atoms with E-state index in [0.29, 0.717) is 5.56 Å². The smallest absolute Gasteiger partial charge is 0.407 e. The van der Waals surface area contributed by atoms with Crippen LogP contribution in [0.3, 0.4) is 0 Å². The molecule has 0 bridgehead atoms. The van der Waals surface area contributed by atoms with Gasteiger partial charge in [-0.1, -0.05) is 11.6 Å². The molecular formula is C17H18ClFN4O6S. The maximum Gasteiger partial charge on any atom is 0.407 e. The third-order valence-electron chi connectivity index (χ3n) is 4.59. The quantitative estimate of drug-likeness (QED) is 0.625. The van der Waals surface area contributed by atoms with Gasteiger partial charge in [0.05, 0.1) is 41.7 Å². The van der Waals surface area contributed by atoms with E-state index in [4.69, 9.17) is 21.5 Å². The molecular weight excluding hydrogens is 443 g/mol. The van der Waals surface area contributed by atoms with Crippen LogP contribution in [0.1, 0.15) is 28.5 Å². The molecule has 0 radical (unpaired) electrons. The molecule has 3 N–H and O–H groups in total. The van der Waals surface area contributed by atoms with Gasteiger partial charge >= 0.3 is 6.09 Å². The first-order valence-corrected chi connectivity index (χ1v) is 10.9. The standard InChI is InChI=1S/C17H18ClFN4O6S/c1-30(27,28)29-5-4-10-7-22(17(25)26)8-13-14(16(20)24)15(21-23(10)13)9-2-3-12(19)11(18)6-9/h2-3,6,10H,4-5,7-8H2,1H3,(H2,20,24)(H,25,26). The first-order valence-electron chi connectivity index (χ1n) is 8.66. The molecule has 10 nitrogen and oxygen atoms in total. The lowest BCUT2D eigenvalue weighted by atomic mass is 10.0. The van der Waals surface area contributed by atoms with Gasteiger partial charge in [-0.05, 0) is 24.6 Å². The maximum absolute atomic E-state index is 13.6. The minimum absolute atomic E-state index is 0.00104. The van der Waals surface area contributed by atoms with Gasteiger partial charge in [0.25, 0.3) is 16.0 Å². The van der Waals surface area contributed by atoms with Crippen molar-refractivity contribution < 1.29 is 31.7 Å². The number of benzene rings is 1. The fourth-order valence-corrected chi connectivity index (χ4v) is 3.88. The zero-order valence-corrected chi connectivity index (χ0v) is 17.3. The van der Waals surface area contributed by atoms with Crippen molar-refractivity contribution in [3.05, 3.63) is 40.3 Å². The fourth-order valence-electron chi connectivity index (χ4n) is 3.30. The van der Waals surface area contributed by atoms with E-state index in [1.807, 2.05) is 0 Å². The van der Waals surface area contributed by atoms with Crippen LogP contribution in [0, 0.1) is 5.82 Å². The summed E-state index contributed by atoms with van der Waals surface area (Å²) in [6, 6.07) is 3.16. The second kappa shape index (κ2) is 8.20. The molecule has 13 heteroatoms. The highest BCUT2D eigenvalue weighted by Gasteiger charge is 2.34. The topological polar surface area (TPSA) is 145 Å². The van der Waals surface area contributed by atoms with Crippen LogP contribution in [0.4, 0.5) is 9.18 Å². The Morgan fingerprint density at radius 2 is 2.13 bits per heavy atom. The molecule has 0 aliphatic carbocycles. The van der Waals surface area contributed by atoms with Crippen molar-refractivity contribution in [2.75, 3.05) is 19.4 Å². The highest BCUT2D eigenvalue weighted by molar-refractivity contribution is 7.85. The number of fused-ring (bicyclic) bond motifs is 1. The van der Waals surface area contributed by atoms with Gasteiger partial charge in [-0.3, -0.25) is 13.7 Å². The van der Waals surface area contributed by atoms with E-state index in [1.165, 1.54) is 16.8 Å². The van der Waals surface area contributed by atoms with E-state index in [2.05, 4.69) is 5.10 Å². The van der Waals surface area contributed by atoms with Gasteiger partial charge in [-0.25, -0.2) is 9.18 Å². The molecule has 1 unspecified atom stereocenters. The minimum atomic E-state index is -3.68. The van der Waals surface area contributed by atoms with Crippen molar-refractivity contribution in [1.82, 2.24) is 14.7 Å². The molecule has 0 saturated carbocycles. The molecule has 0 saturated heterocycles. The van der Waals surface area contributed by atoms with Crippen LogP contribution < -0.4 is 5.73 Å². The number of aromatic nitrogens is 2. The zero-order chi connectivity index (χ0) is 22.2. The number of primary amides is 1. The fraction of sp³-hybridized carbons (Fsp3) is 0.353. The van der Waals surface area contributed by atoms with E-state index < -0.39 is 34.0 Å². The van der Waals surface area contributed by atoms with E-state index >= 15 is 0 Å². The number of nitrogens with two attached hydrogens (primary N) is 1. The number of halogens is 2. The third-order valence-corrected chi connectivity index (χ3v) is 5.47.